The molecular formula is C29H34N2O6S2. The van der Waals surface area contributed by atoms with Gasteiger partial charge >= 0.3 is 16.4 Å². The van der Waals surface area contributed by atoms with Gasteiger partial charge in [0.05, 0.1) is 17.4 Å². The molecule has 0 aliphatic carbocycles. The van der Waals surface area contributed by atoms with Crippen LogP contribution >= 0.6 is 11.8 Å². The normalized spacial score (nSPS) is 18.2. The number of carbonyl (C=O) groups excluding carboxylic acids is 1. The van der Waals surface area contributed by atoms with Crippen LogP contribution in [0.3, 0.4) is 0 Å². The van der Waals surface area contributed by atoms with Crippen molar-refractivity contribution in [1.29, 1.82) is 0 Å². The van der Waals surface area contributed by atoms with Crippen LogP contribution < -0.4 is 4.89 Å². The molecule has 1 fully saturated rings. The number of carbonyl (C=O) groups is 1. The summed E-state index contributed by atoms with van der Waals surface area (Å²) in [6.07, 6.45) is 0.0153. The number of ether oxygens (including phenoxy) is 1. The lowest BCUT2D eigenvalue weighted by atomic mass is 9.84. The van der Waals surface area contributed by atoms with Gasteiger partial charge < -0.3 is 9.64 Å². The SMILES string of the molecule is CC(C)(C)OC(=O)N1C[C@@H](SC(c2ccccc2)(c2ccccc2)c2ccccc2)C[C@@H]1CONS(=O)(=O)O. The molecule has 2 atom stereocenters. The summed E-state index contributed by atoms with van der Waals surface area (Å²) < 4.78 is 36.4. The molecule has 208 valence electrons. The van der Waals surface area contributed by atoms with E-state index in [0.29, 0.717) is 13.0 Å². The van der Waals surface area contributed by atoms with Gasteiger partial charge in [0.15, 0.2) is 0 Å². The van der Waals surface area contributed by atoms with E-state index in [1.807, 2.05) is 54.6 Å². The van der Waals surface area contributed by atoms with E-state index in [1.54, 1.807) is 42.3 Å². The molecule has 0 radical (unpaired) electrons. The topological polar surface area (TPSA) is 105 Å². The standard InChI is InChI=1S/C29H34N2O6S2/c1-28(2,3)37-27(32)31-20-26(19-25(31)21-36-30-39(33,34)35)38-29(22-13-7-4-8-14-22,23-15-9-5-10-16-23)24-17-11-6-12-18-24/h4-18,25-26,30H,19-21H2,1-3H3,(H,33,34,35)/t25-,26+/m1/s1. The minimum atomic E-state index is -4.54. The predicted octanol–water partition coefficient (Wildman–Crippen LogP) is 5.41. The Morgan fingerprint density at radius 3 is 1.79 bits per heavy atom. The smallest absolute Gasteiger partial charge is 0.410 e. The number of rotatable bonds is 9. The summed E-state index contributed by atoms with van der Waals surface area (Å²) in [5.74, 6) is 0. The molecule has 10 heteroatoms. The van der Waals surface area contributed by atoms with Gasteiger partial charge in [-0.15, -0.1) is 11.8 Å². The Morgan fingerprint density at radius 2 is 1.38 bits per heavy atom. The van der Waals surface area contributed by atoms with Gasteiger partial charge in [-0.1, -0.05) is 95.9 Å². The number of likely N-dealkylation sites (tertiary alicyclic amines) is 1. The minimum absolute atomic E-state index is 0.0579. The zero-order chi connectivity index (χ0) is 28.1. The van der Waals surface area contributed by atoms with Gasteiger partial charge in [-0.05, 0) is 43.9 Å². The minimum Gasteiger partial charge on any atom is -0.444 e. The molecule has 1 saturated heterocycles. The highest BCUT2D eigenvalue weighted by molar-refractivity contribution is 8.01. The van der Waals surface area contributed by atoms with Crippen molar-refractivity contribution < 1.29 is 27.3 Å². The highest BCUT2D eigenvalue weighted by Gasteiger charge is 2.45. The van der Waals surface area contributed by atoms with Crippen LogP contribution in [0.15, 0.2) is 91.0 Å². The highest BCUT2D eigenvalue weighted by atomic mass is 32.2. The lowest BCUT2D eigenvalue weighted by Gasteiger charge is -2.37. The van der Waals surface area contributed by atoms with Crippen LogP contribution in [0.4, 0.5) is 4.79 Å². The first kappa shape index (κ1) is 29.1. The molecule has 3 aromatic carbocycles. The second-order valence-corrected chi connectivity index (χ2v) is 13.0. The number of benzene rings is 3. The summed E-state index contributed by atoms with van der Waals surface area (Å²) in [4.78, 5) is 21.5. The first-order chi connectivity index (χ1) is 18.5. The van der Waals surface area contributed by atoms with Crippen LogP contribution in [0.2, 0.25) is 0 Å². The zero-order valence-corrected chi connectivity index (χ0v) is 23.8. The van der Waals surface area contributed by atoms with Gasteiger partial charge in [-0.25, -0.2) is 4.79 Å². The number of hydrogen-bond acceptors (Lipinski definition) is 6. The Balaban J connectivity index is 1.73. The van der Waals surface area contributed by atoms with E-state index in [0.717, 1.165) is 16.7 Å². The molecule has 2 N–H and O–H groups in total. The summed E-state index contributed by atoms with van der Waals surface area (Å²) in [5.41, 5.74) is 2.60. The first-order valence-electron chi connectivity index (χ1n) is 12.7. The molecule has 0 spiro atoms. The Morgan fingerprint density at radius 1 is 0.923 bits per heavy atom. The highest BCUT2D eigenvalue weighted by Crippen LogP contribution is 2.52. The molecule has 1 heterocycles. The molecule has 0 unspecified atom stereocenters. The van der Waals surface area contributed by atoms with E-state index >= 15 is 0 Å². The van der Waals surface area contributed by atoms with Gasteiger partial charge in [0.1, 0.15) is 5.60 Å². The van der Waals surface area contributed by atoms with E-state index in [-0.39, 0.29) is 11.9 Å². The van der Waals surface area contributed by atoms with Crippen LogP contribution in [0, 0.1) is 0 Å². The summed E-state index contributed by atoms with van der Waals surface area (Å²) in [7, 11) is -4.54. The Kier molecular flexibility index (Phi) is 9.03. The van der Waals surface area contributed by atoms with Crippen molar-refractivity contribution in [3.63, 3.8) is 0 Å². The zero-order valence-electron chi connectivity index (χ0n) is 22.2. The summed E-state index contributed by atoms with van der Waals surface area (Å²) in [6, 6.07) is 30.3. The van der Waals surface area contributed by atoms with E-state index in [2.05, 4.69) is 36.4 Å². The maximum atomic E-state index is 13.2. The van der Waals surface area contributed by atoms with Crippen molar-refractivity contribution in [2.45, 2.75) is 48.8 Å². The summed E-state index contributed by atoms with van der Waals surface area (Å²) >= 11 is 1.75. The fourth-order valence-corrected chi connectivity index (χ4v) is 6.93. The quantitative estimate of drug-likeness (QED) is 0.201. The molecule has 8 nitrogen and oxygen atoms in total. The molecular weight excluding hydrogens is 536 g/mol. The van der Waals surface area contributed by atoms with Crippen LogP contribution in [-0.4, -0.2) is 54.0 Å². The third-order valence-corrected chi connectivity index (χ3v) is 8.39. The number of thioether (sulfide) groups is 1. The van der Waals surface area contributed by atoms with E-state index < -0.39 is 32.8 Å². The van der Waals surface area contributed by atoms with Gasteiger partial charge in [0.2, 0.25) is 0 Å². The monoisotopic (exact) mass is 570 g/mol. The lowest BCUT2D eigenvalue weighted by molar-refractivity contribution is 0.00365. The second kappa shape index (κ2) is 12.1. The largest absolute Gasteiger partial charge is 0.444 e. The number of hydrogen-bond donors (Lipinski definition) is 2. The molecule has 0 bridgehead atoms. The van der Waals surface area contributed by atoms with Crippen molar-refractivity contribution in [1.82, 2.24) is 9.79 Å². The molecule has 1 aliphatic rings. The molecule has 0 saturated carbocycles. The van der Waals surface area contributed by atoms with Gasteiger partial charge in [0, 0.05) is 11.8 Å². The van der Waals surface area contributed by atoms with Crippen molar-refractivity contribution in [2.75, 3.05) is 13.2 Å². The molecule has 0 aromatic heterocycles. The molecule has 1 amide bonds. The lowest BCUT2D eigenvalue weighted by Crippen LogP contribution is -2.43. The van der Waals surface area contributed by atoms with Gasteiger partial charge in [-0.2, -0.15) is 8.42 Å². The number of nitrogens with one attached hydrogen (secondary N) is 1. The Hall–Kier alpha value is -2.89. The van der Waals surface area contributed by atoms with Crippen molar-refractivity contribution in [3.8, 4) is 0 Å². The first-order valence-corrected chi connectivity index (χ1v) is 15.0. The number of nitrogens with zero attached hydrogens (tertiary/aromatic N) is 1. The maximum absolute atomic E-state index is 13.2. The van der Waals surface area contributed by atoms with Gasteiger partial charge in [-0.3, -0.25) is 9.39 Å². The van der Waals surface area contributed by atoms with Crippen molar-refractivity contribution in [3.05, 3.63) is 108 Å². The van der Waals surface area contributed by atoms with E-state index in [4.69, 9.17) is 14.1 Å². The van der Waals surface area contributed by atoms with Crippen LogP contribution in [0.5, 0.6) is 0 Å². The average molecular weight is 571 g/mol. The third-order valence-electron chi connectivity index (χ3n) is 6.33. The van der Waals surface area contributed by atoms with Crippen LogP contribution in [0.1, 0.15) is 43.9 Å². The van der Waals surface area contributed by atoms with Crippen LogP contribution in [0.25, 0.3) is 0 Å². The molecule has 1 aliphatic heterocycles. The molecule has 4 rings (SSSR count). The van der Waals surface area contributed by atoms with Crippen LogP contribution in [-0.2, 0) is 24.6 Å². The average Bonchev–Trinajstić information content (AvgIpc) is 3.30. The number of amides is 1. The van der Waals surface area contributed by atoms with E-state index in [1.165, 1.54) is 0 Å². The van der Waals surface area contributed by atoms with E-state index in [9.17, 15) is 13.2 Å². The Bertz CT molecular complexity index is 1240. The molecule has 39 heavy (non-hydrogen) atoms. The Labute approximate surface area is 234 Å². The second-order valence-electron chi connectivity index (χ2n) is 10.4. The summed E-state index contributed by atoms with van der Waals surface area (Å²) in [5, 5.41) is -0.0579. The van der Waals surface area contributed by atoms with Crippen molar-refractivity contribution >= 4 is 28.2 Å². The van der Waals surface area contributed by atoms with Gasteiger partial charge in [0.25, 0.3) is 0 Å². The predicted molar refractivity (Wildman–Crippen MR) is 153 cm³/mol. The fourth-order valence-electron chi connectivity index (χ4n) is 4.84. The summed E-state index contributed by atoms with van der Waals surface area (Å²) in [6.45, 7) is 5.61. The molecule has 3 aromatic rings. The van der Waals surface area contributed by atoms with Crippen molar-refractivity contribution in [2.24, 2.45) is 0 Å². The fraction of sp³-hybridized carbons (Fsp3) is 0.345. The third kappa shape index (κ3) is 7.40. The maximum Gasteiger partial charge on any atom is 0.410 e.